The van der Waals surface area contributed by atoms with Crippen molar-refractivity contribution < 1.29 is 4.42 Å². The van der Waals surface area contributed by atoms with Crippen molar-refractivity contribution in [3.05, 3.63) is 69.9 Å². The normalized spacial score (nSPS) is 21.8. The predicted octanol–water partition coefficient (Wildman–Crippen LogP) is 4.13. The van der Waals surface area contributed by atoms with Gasteiger partial charge in [-0.1, -0.05) is 11.6 Å². The summed E-state index contributed by atoms with van der Waals surface area (Å²) in [5.74, 6) is 0. The zero-order valence-corrected chi connectivity index (χ0v) is 17.0. The van der Waals surface area contributed by atoms with Crippen molar-refractivity contribution in [2.75, 3.05) is 24.5 Å². The molecule has 2 bridgehead atoms. The Bertz CT molecular complexity index is 1050. The second-order valence-electron chi connectivity index (χ2n) is 8.05. The molecule has 2 aliphatic rings. The van der Waals surface area contributed by atoms with Gasteiger partial charge in [0, 0.05) is 41.6 Å². The molecule has 0 radical (unpaired) electrons. The third kappa shape index (κ3) is 3.77. The third-order valence-electron chi connectivity index (χ3n) is 6.28. The summed E-state index contributed by atoms with van der Waals surface area (Å²) in [4.78, 5) is 21.5. The first-order chi connectivity index (χ1) is 14.2. The van der Waals surface area contributed by atoms with Crippen LogP contribution in [0.1, 0.15) is 25.0 Å². The van der Waals surface area contributed by atoms with Crippen LogP contribution in [-0.2, 0) is 6.42 Å². The molecule has 0 spiro atoms. The molecule has 5 nitrogen and oxygen atoms in total. The van der Waals surface area contributed by atoms with E-state index < -0.39 is 0 Å². The van der Waals surface area contributed by atoms with E-state index in [4.69, 9.17) is 16.0 Å². The Hall–Kier alpha value is -2.37. The van der Waals surface area contributed by atoms with E-state index in [1.165, 1.54) is 24.8 Å². The van der Waals surface area contributed by atoms with Gasteiger partial charge in [0.2, 0.25) is 0 Å². The first kappa shape index (κ1) is 18.6. The summed E-state index contributed by atoms with van der Waals surface area (Å²) < 4.78 is 4.90. The van der Waals surface area contributed by atoms with Crippen LogP contribution >= 0.6 is 11.6 Å². The lowest BCUT2D eigenvalue weighted by molar-refractivity contribution is 0.167. The van der Waals surface area contributed by atoms with Gasteiger partial charge in [-0.15, -0.1) is 0 Å². The maximum atomic E-state index is 11.7. The molecule has 150 valence electrons. The number of anilines is 1. The van der Waals surface area contributed by atoms with Crippen LogP contribution in [0.5, 0.6) is 0 Å². The van der Waals surface area contributed by atoms with E-state index in [2.05, 4.69) is 26.9 Å². The number of aryl methyl sites for hydroxylation is 1. The summed E-state index contributed by atoms with van der Waals surface area (Å²) in [6, 6.07) is 15.0. The summed E-state index contributed by atoms with van der Waals surface area (Å²) in [6.07, 6.45) is 5.97. The summed E-state index contributed by atoms with van der Waals surface area (Å²) in [7, 11) is 0. The maximum Gasteiger partial charge on any atom is 0.345 e. The van der Waals surface area contributed by atoms with Crippen LogP contribution in [0.3, 0.4) is 0 Å². The average Bonchev–Trinajstić information content (AvgIpc) is 2.96. The molecular formula is C23H24ClN3O2. The van der Waals surface area contributed by atoms with E-state index in [-0.39, 0.29) is 5.63 Å². The van der Waals surface area contributed by atoms with E-state index in [1.54, 1.807) is 6.07 Å². The first-order valence-electron chi connectivity index (χ1n) is 10.3. The number of piperazine rings is 1. The molecular weight excluding hydrogens is 386 g/mol. The number of rotatable bonds is 5. The SMILES string of the molecule is O=c1occc2nc(CCCN3C4CCC3CN(c3ccc(Cl)cc3)C4)ccc12. The minimum atomic E-state index is -0.323. The van der Waals surface area contributed by atoms with Crippen LogP contribution in [0.15, 0.2) is 57.9 Å². The van der Waals surface area contributed by atoms with Gasteiger partial charge in [-0.25, -0.2) is 4.79 Å². The molecule has 0 saturated carbocycles. The highest BCUT2D eigenvalue weighted by Gasteiger charge is 2.39. The molecule has 3 aromatic rings. The fourth-order valence-corrected chi connectivity index (χ4v) is 4.97. The van der Waals surface area contributed by atoms with Gasteiger partial charge in [-0.2, -0.15) is 0 Å². The molecule has 0 N–H and O–H groups in total. The fourth-order valence-electron chi connectivity index (χ4n) is 4.84. The molecule has 29 heavy (non-hydrogen) atoms. The van der Waals surface area contributed by atoms with Crippen LogP contribution in [0, 0.1) is 0 Å². The molecule has 2 fully saturated rings. The van der Waals surface area contributed by atoms with E-state index in [0.29, 0.717) is 17.5 Å². The van der Waals surface area contributed by atoms with Crippen LogP contribution in [-0.4, -0.2) is 41.6 Å². The highest BCUT2D eigenvalue weighted by molar-refractivity contribution is 6.30. The van der Waals surface area contributed by atoms with Crippen molar-refractivity contribution in [1.29, 1.82) is 0 Å². The molecule has 4 heterocycles. The lowest BCUT2D eigenvalue weighted by Crippen LogP contribution is -2.54. The lowest BCUT2D eigenvalue weighted by Gasteiger charge is -2.42. The number of halogens is 1. The molecule has 1 aromatic carbocycles. The lowest BCUT2D eigenvalue weighted by atomic mass is 10.1. The predicted molar refractivity (Wildman–Crippen MR) is 116 cm³/mol. The van der Waals surface area contributed by atoms with E-state index in [0.717, 1.165) is 48.7 Å². The summed E-state index contributed by atoms with van der Waals surface area (Å²) in [5, 5.41) is 1.34. The molecule has 5 rings (SSSR count). The number of aromatic nitrogens is 1. The Morgan fingerprint density at radius 3 is 2.55 bits per heavy atom. The second kappa shape index (κ2) is 7.81. The van der Waals surface area contributed by atoms with E-state index >= 15 is 0 Å². The number of fused-ring (bicyclic) bond motifs is 3. The van der Waals surface area contributed by atoms with Crippen molar-refractivity contribution in [3.8, 4) is 0 Å². The van der Waals surface area contributed by atoms with Gasteiger partial charge < -0.3 is 9.32 Å². The number of pyridine rings is 1. The zero-order valence-electron chi connectivity index (χ0n) is 16.3. The van der Waals surface area contributed by atoms with Crippen LogP contribution in [0.4, 0.5) is 5.69 Å². The third-order valence-corrected chi connectivity index (χ3v) is 6.53. The molecule has 2 unspecified atom stereocenters. The van der Waals surface area contributed by atoms with Crippen LogP contribution < -0.4 is 10.5 Å². The fraction of sp³-hybridized carbons (Fsp3) is 0.391. The zero-order chi connectivity index (χ0) is 19.8. The van der Waals surface area contributed by atoms with E-state index in [1.807, 2.05) is 24.3 Å². The topological polar surface area (TPSA) is 49.6 Å². The molecule has 2 aromatic heterocycles. The van der Waals surface area contributed by atoms with Crippen LogP contribution in [0.2, 0.25) is 5.02 Å². The second-order valence-corrected chi connectivity index (χ2v) is 8.49. The Morgan fingerprint density at radius 2 is 1.79 bits per heavy atom. The number of hydrogen-bond acceptors (Lipinski definition) is 5. The van der Waals surface area contributed by atoms with Gasteiger partial charge in [0.1, 0.15) is 0 Å². The first-order valence-corrected chi connectivity index (χ1v) is 10.7. The van der Waals surface area contributed by atoms with Crippen molar-refractivity contribution in [1.82, 2.24) is 9.88 Å². The van der Waals surface area contributed by atoms with Crippen molar-refractivity contribution in [2.45, 2.75) is 37.8 Å². The standard InChI is InChI=1S/C23H24ClN3O2/c24-16-3-6-18(7-4-16)26-14-19-8-9-20(15-26)27(19)12-1-2-17-5-10-21-22(25-17)11-13-29-23(21)28/h3-7,10-11,13,19-20H,1-2,8-9,12,14-15H2. The molecule has 2 atom stereocenters. The summed E-state index contributed by atoms with van der Waals surface area (Å²) in [6.45, 7) is 3.27. The van der Waals surface area contributed by atoms with Gasteiger partial charge in [-0.05, 0) is 74.7 Å². The van der Waals surface area contributed by atoms with Crippen LogP contribution in [0.25, 0.3) is 10.9 Å². The Morgan fingerprint density at radius 1 is 1.03 bits per heavy atom. The number of benzene rings is 1. The van der Waals surface area contributed by atoms with E-state index in [9.17, 15) is 4.79 Å². The minimum Gasteiger partial charge on any atom is -0.431 e. The highest BCUT2D eigenvalue weighted by Crippen LogP contribution is 2.33. The monoisotopic (exact) mass is 409 g/mol. The Labute approximate surface area is 174 Å². The summed E-state index contributed by atoms with van der Waals surface area (Å²) >= 11 is 6.04. The molecule has 0 amide bonds. The smallest absolute Gasteiger partial charge is 0.345 e. The van der Waals surface area contributed by atoms with Gasteiger partial charge in [0.15, 0.2) is 0 Å². The Balaban J connectivity index is 1.20. The summed E-state index contributed by atoms with van der Waals surface area (Å²) in [5.41, 5.74) is 2.71. The quantitative estimate of drug-likeness (QED) is 0.634. The van der Waals surface area contributed by atoms with Gasteiger partial charge in [0.05, 0.1) is 17.2 Å². The molecule has 2 aliphatic heterocycles. The molecule has 0 aliphatic carbocycles. The van der Waals surface area contributed by atoms with Crippen molar-refractivity contribution in [3.63, 3.8) is 0 Å². The van der Waals surface area contributed by atoms with Crippen molar-refractivity contribution in [2.24, 2.45) is 0 Å². The maximum absolute atomic E-state index is 11.7. The van der Waals surface area contributed by atoms with Crippen molar-refractivity contribution >= 4 is 28.2 Å². The number of hydrogen-bond donors (Lipinski definition) is 0. The number of nitrogens with zero attached hydrogens (tertiary/aromatic N) is 3. The van der Waals surface area contributed by atoms with Gasteiger partial charge in [-0.3, -0.25) is 9.88 Å². The molecule has 6 heteroatoms. The van der Waals surface area contributed by atoms with Gasteiger partial charge in [0.25, 0.3) is 0 Å². The molecule has 2 saturated heterocycles. The highest BCUT2D eigenvalue weighted by atomic mass is 35.5. The minimum absolute atomic E-state index is 0.323. The van der Waals surface area contributed by atoms with Gasteiger partial charge >= 0.3 is 5.63 Å². The average molecular weight is 410 g/mol. The largest absolute Gasteiger partial charge is 0.431 e. The Kier molecular flexibility index (Phi) is 5.02.